The molecule has 1 aliphatic rings. The van der Waals surface area contributed by atoms with Gasteiger partial charge in [-0.25, -0.2) is 0 Å². The van der Waals surface area contributed by atoms with Gasteiger partial charge in [-0.1, -0.05) is 30.7 Å². The second-order valence-electron chi connectivity index (χ2n) is 6.05. The van der Waals surface area contributed by atoms with E-state index in [0.717, 1.165) is 50.3 Å². The summed E-state index contributed by atoms with van der Waals surface area (Å²) in [7, 11) is 0. The molecule has 0 spiro atoms. The van der Waals surface area contributed by atoms with Crippen LogP contribution in [0.25, 0.3) is 0 Å². The third kappa shape index (κ3) is 5.01. The van der Waals surface area contributed by atoms with Crippen molar-refractivity contribution in [2.75, 3.05) is 13.1 Å². The molecule has 1 fully saturated rings. The van der Waals surface area contributed by atoms with Gasteiger partial charge in [-0.15, -0.1) is 0 Å². The molecule has 21 heavy (non-hydrogen) atoms. The molecule has 2 unspecified atom stereocenters. The Balaban J connectivity index is 1.88. The fraction of sp³-hybridized carbons (Fsp3) is 0.588. The summed E-state index contributed by atoms with van der Waals surface area (Å²) in [6.07, 6.45) is 3.85. The van der Waals surface area contributed by atoms with Crippen LogP contribution in [0.3, 0.4) is 0 Å². The molecule has 0 aliphatic carbocycles. The van der Waals surface area contributed by atoms with E-state index in [2.05, 4.69) is 17.0 Å². The number of likely N-dealkylation sites (tertiary alicyclic amines) is 1. The number of hydrogen-bond acceptors (Lipinski definition) is 2. The van der Waals surface area contributed by atoms with Crippen molar-refractivity contribution in [3.05, 3.63) is 34.9 Å². The Bertz CT molecular complexity index is 460. The van der Waals surface area contributed by atoms with Gasteiger partial charge in [-0.2, -0.15) is 0 Å². The summed E-state index contributed by atoms with van der Waals surface area (Å²) < 4.78 is 0. The van der Waals surface area contributed by atoms with Crippen molar-refractivity contribution >= 4 is 17.6 Å². The van der Waals surface area contributed by atoms with Crippen LogP contribution in [0.2, 0.25) is 5.02 Å². The van der Waals surface area contributed by atoms with Crippen LogP contribution < -0.4 is 0 Å². The molecule has 0 amide bonds. The number of hydrogen-bond donors (Lipinski definition) is 1. The molecule has 0 radical (unpaired) electrons. The van der Waals surface area contributed by atoms with E-state index >= 15 is 0 Å². The molecule has 3 nitrogen and oxygen atoms in total. The number of piperidine rings is 1. The molecule has 0 aromatic heterocycles. The molecule has 1 aromatic carbocycles. The quantitative estimate of drug-likeness (QED) is 0.861. The van der Waals surface area contributed by atoms with Crippen LogP contribution in [0.5, 0.6) is 0 Å². The fourth-order valence-corrected chi connectivity index (χ4v) is 3.31. The first-order valence-corrected chi connectivity index (χ1v) is 8.16. The van der Waals surface area contributed by atoms with Crippen molar-refractivity contribution in [1.29, 1.82) is 0 Å². The van der Waals surface area contributed by atoms with E-state index in [4.69, 9.17) is 11.6 Å². The highest BCUT2D eigenvalue weighted by atomic mass is 35.5. The van der Waals surface area contributed by atoms with Crippen LogP contribution in [-0.4, -0.2) is 29.1 Å². The predicted octanol–water partition coefficient (Wildman–Crippen LogP) is 4.05. The average Bonchev–Trinajstić information content (AvgIpc) is 2.47. The zero-order valence-electron chi connectivity index (χ0n) is 12.6. The van der Waals surface area contributed by atoms with Gasteiger partial charge >= 0.3 is 5.97 Å². The summed E-state index contributed by atoms with van der Waals surface area (Å²) in [5.41, 5.74) is 1.27. The number of rotatable bonds is 6. The Hall–Kier alpha value is -1.06. The summed E-state index contributed by atoms with van der Waals surface area (Å²) in [5, 5.41) is 9.97. The zero-order chi connectivity index (χ0) is 15.2. The highest BCUT2D eigenvalue weighted by Crippen LogP contribution is 2.26. The van der Waals surface area contributed by atoms with E-state index in [9.17, 15) is 9.90 Å². The average molecular weight is 310 g/mol. The summed E-state index contributed by atoms with van der Waals surface area (Å²) >= 11 is 5.91. The van der Waals surface area contributed by atoms with E-state index in [1.807, 2.05) is 19.1 Å². The van der Waals surface area contributed by atoms with Gasteiger partial charge in [0.15, 0.2) is 0 Å². The minimum Gasteiger partial charge on any atom is -0.481 e. The van der Waals surface area contributed by atoms with Gasteiger partial charge in [0.25, 0.3) is 0 Å². The van der Waals surface area contributed by atoms with Crippen molar-refractivity contribution in [2.24, 2.45) is 11.8 Å². The molecule has 0 bridgehead atoms. The molecule has 2 atom stereocenters. The first-order chi connectivity index (χ1) is 10.1. The number of carbonyl (C=O) groups is 1. The van der Waals surface area contributed by atoms with Gasteiger partial charge in [0.2, 0.25) is 0 Å². The normalized spacial score (nSPS) is 21.1. The van der Waals surface area contributed by atoms with Gasteiger partial charge in [0.1, 0.15) is 0 Å². The zero-order valence-corrected chi connectivity index (χ0v) is 13.4. The van der Waals surface area contributed by atoms with Crippen LogP contribution in [-0.2, 0) is 11.3 Å². The lowest BCUT2D eigenvalue weighted by Crippen LogP contribution is -2.36. The molecule has 1 aliphatic heterocycles. The maximum absolute atomic E-state index is 11.2. The van der Waals surface area contributed by atoms with Gasteiger partial charge in [-0.05, 0) is 55.8 Å². The molecular weight excluding hydrogens is 286 g/mol. The Labute approximate surface area is 131 Å². The number of aliphatic carboxylic acids is 1. The van der Waals surface area contributed by atoms with Crippen LogP contribution in [0.1, 0.15) is 38.2 Å². The number of carboxylic acids is 1. The summed E-state index contributed by atoms with van der Waals surface area (Å²) in [5.74, 6) is -0.329. The summed E-state index contributed by atoms with van der Waals surface area (Å²) in [6, 6.07) is 7.99. The summed E-state index contributed by atoms with van der Waals surface area (Å²) in [6.45, 7) is 5.00. The topological polar surface area (TPSA) is 40.5 Å². The highest BCUT2D eigenvalue weighted by molar-refractivity contribution is 6.30. The minimum atomic E-state index is -0.646. The third-order valence-corrected chi connectivity index (χ3v) is 4.63. The van der Waals surface area contributed by atoms with Crippen molar-refractivity contribution in [2.45, 2.75) is 39.2 Å². The Morgan fingerprint density at radius 2 is 2.14 bits per heavy atom. The van der Waals surface area contributed by atoms with E-state index in [1.54, 1.807) is 0 Å². The number of nitrogens with zero attached hydrogens (tertiary/aromatic N) is 1. The van der Waals surface area contributed by atoms with Gasteiger partial charge in [0, 0.05) is 18.1 Å². The third-order valence-electron chi connectivity index (χ3n) is 4.38. The molecule has 1 N–H and O–H groups in total. The van der Waals surface area contributed by atoms with Crippen molar-refractivity contribution in [3.8, 4) is 0 Å². The lowest BCUT2D eigenvalue weighted by Gasteiger charge is -2.33. The SMILES string of the molecule is CCC(CC1CCCN(Cc2ccc(Cl)cc2)C1)C(=O)O. The molecule has 2 rings (SSSR count). The number of carboxylic acid groups (broad SMARTS) is 1. The molecule has 1 heterocycles. The van der Waals surface area contributed by atoms with Crippen LogP contribution in [0.4, 0.5) is 0 Å². The lowest BCUT2D eigenvalue weighted by atomic mass is 9.87. The lowest BCUT2D eigenvalue weighted by molar-refractivity contribution is -0.142. The fourth-order valence-electron chi connectivity index (χ4n) is 3.18. The molecule has 0 saturated carbocycles. The Morgan fingerprint density at radius 3 is 2.76 bits per heavy atom. The second-order valence-corrected chi connectivity index (χ2v) is 6.49. The molecular formula is C17H24ClNO2. The van der Waals surface area contributed by atoms with Crippen LogP contribution in [0.15, 0.2) is 24.3 Å². The molecule has 1 aromatic rings. The largest absolute Gasteiger partial charge is 0.481 e. The van der Waals surface area contributed by atoms with Gasteiger partial charge < -0.3 is 5.11 Å². The monoisotopic (exact) mass is 309 g/mol. The molecule has 1 saturated heterocycles. The van der Waals surface area contributed by atoms with Crippen molar-refractivity contribution in [1.82, 2.24) is 4.90 Å². The summed E-state index contributed by atoms with van der Waals surface area (Å²) in [4.78, 5) is 13.6. The first-order valence-electron chi connectivity index (χ1n) is 7.78. The molecule has 4 heteroatoms. The van der Waals surface area contributed by atoms with Crippen LogP contribution in [0, 0.1) is 11.8 Å². The van der Waals surface area contributed by atoms with Crippen molar-refractivity contribution < 1.29 is 9.90 Å². The van der Waals surface area contributed by atoms with E-state index in [1.165, 1.54) is 5.56 Å². The van der Waals surface area contributed by atoms with E-state index in [0.29, 0.717) is 5.92 Å². The van der Waals surface area contributed by atoms with Gasteiger partial charge in [-0.3, -0.25) is 9.69 Å². The maximum Gasteiger partial charge on any atom is 0.306 e. The number of benzene rings is 1. The van der Waals surface area contributed by atoms with Crippen molar-refractivity contribution in [3.63, 3.8) is 0 Å². The maximum atomic E-state index is 11.2. The Morgan fingerprint density at radius 1 is 1.43 bits per heavy atom. The smallest absolute Gasteiger partial charge is 0.306 e. The Kier molecular flexibility index (Phi) is 6.07. The molecule has 116 valence electrons. The first kappa shape index (κ1) is 16.3. The van der Waals surface area contributed by atoms with E-state index in [-0.39, 0.29) is 5.92 Å². The van der Waals surface area contributed by atoms with Crippen LogP contribution >= 0.6 is 11.6 Å². The van der Waals surface area contributed by atoms with E-state index < -0.39 is 5.97 Å². The second kappa shape index (κ2) is 7.81. The number of halogens is 1. The predicted molar refractivity (Wildman–Crippen MR) is 85.5 cm³/mol. The van der Waals surface area contributed by atoms with Gasteiger partial charge in [0.05, 0.1) is 5.92 Å². The minimum absolute atomic E-state index is 0.189. The standard InChI is InChI=1S/C17H24ClNO2/c1-2-15(17(20)21)10-14-4-3-9-19(12-14)11-13-5-7-16(18)8-6-13/h5-8,14-15H,2-4,9-12H2,1H3,(H,20,21). The highest BCUT2D eigenvalue weighted by Gasteiger charge is 2.25.